The Morgan fingerprint density at radius 2 is 1.73 bits per heavy atom. The van der Waals surface area contributed by atoms with Gasteiger partial charge in [0, 0.05) is 5.57 Å². The lowest BCUT2D eigenvalue weighted by atomic mass is 10.0. The molecule has 0 saturated carbocycles. The van der Waals surface area contributed by atoms with Crippen molar-refractivity contribution in [2.75, 3.05) is 0 Å². The quantitative estimate of drug-likeness (QED) is 0.713. The molecule has 0 aromatic rings. The maximum absolute atomic E-state index is 10.9. The molecule has 0 aromatic carbocycles. The van der Waals surface area contributed by atoms with Gasteiger partial charge >= 0.3 is 5.97 Å². The van der Waals surface area contributed by atoms with Crippen LogP contribution in [-0.2, 0) is 4.79 Å². The normalized spacial score (nSPS) is 22.0. The highest BCUT2D eigenvalue weighted by Crippen LogP contribution is 2.14. The summed E-state index contributed by atoms with van der Waals surface area (Å²) in [4.78, 5) is 10.9. The van der Waals surface area contributed by atoms with Gasteiger partial charge in [-0.15, -0.1) is 0 Å². The topological polar surface area (TPSA) is 37.3 Å². The average Bonchev–Trinajstić information content (AvgIpc) is 2.18. The molecule has 0 unspecified atom stereocenters. The van der Waals surface area contributed by atoms with Crippen molar-refractivity contribution in [2.24, 2.45) is 0 Å². The molecule has 84 valence electrons. The molecule has 0 fully saturated rings. The van der Waals surface area contributed by atoms with E-state index >= 15 is 0 Å². The molecule has 0 spiro atoms. The van der Waals surface area contributed by atoms with Crippen molar-refractivity contribution in [3.05, 3.63) is 23.8 Å². The highest BCUT2D eigenvalue weighted by atomic mass is 16.4. The molecule has 0 atom stereocenters. The first-order valence-corrected chi connectivity index (χ1v) is 5.89. The molecule has 1 N–H and O–H groups in total. The Kier molecular flexibility index (Phi) is 5.83. The SMILES string of the molecule is O=C(O)C1=C/C=C/CCCCCCCC1. The molecule has 15 heavy (non-hydrogen) atoms. The summed E-state index contributed by atoms with van der Waals surface area (Å²) in [6, 6.07) is 0. The molecule has 0 heterocycles. The number of carboxylic acids is 1. The lowest BCUT2D eigenvalue weighted by Gasteiger charge is -2.03. The minimum absolute atomic E-state index is 0.548. The van der Waals surface area contributed by atoms with Crippen LogP contribution in [0.25, 0.3) is 0 Å². The second kappa shape index (κ2) is 7.27. The number of hydrogen-bond acceptors (Lipinski definition) is 1. The minimum Gasteiger partial charge on any atom is -0.478 e. The van der Waals surface area contributed by atoms with Crippen molar-refractivity contribution in [3.8, 4) is 0 Å². The van der Waals surface area contributed by atoms with Crippen molar-refractivity contribution in [2.45, 2.75) is 51.4 Å². The number of rotatable bonds is 1. The molecule has 1 rings (SSSR count). The van der Waals surface area contributed by atoms with Gasteiger partial charge in [0.15, 0.2) is 0 Å². The Bertz CT molecular complexity index is 251. The summed E-state index contributed by atoms with van der Waals surface area (Å²) < 4.78 is 0. The maximum atomic E-state index is 10.9. The fourth-order valence-corrected chi connectivity index (χ4v) is 1.83. The molecule has 0 aromatic heterocycles. The zero-order valence-electron chi connectivity index (χ0n) is 9.24. The van der Waals surface area contributed by atoms with Crippen molar-refractivity contribution in [1.29, 1.82) is 0 Å². The maximum Gasteiger partial charge on any atom is 0.331 e. The molecule has 1 aliphatic rings. The predicted molar refractivity (Wildman–Crippen MR) is 61.8 cm³/mol. The summed E-state index contributed by atoms with van der Waals surface area (Å²) in [5, 5.41) is 8.94. The monoisotopic (exact) mass is 208 g/mol. The van der Waals surface area contributed by atoms with E-state index in [9.17, 15) is 4.79 Å². The molecule has 0 aliphatic heterocycles. The van der Waals surface area contributed by atoms with Crippen LogP contribution in [0.5, 0.6) is 0 Å². The van der Waals surface area contributed by atoms with Gasteiger partial charge in [0.1, 0.15) is 0 Å². The van der Waals surface area contributed by atoms with E-state index < -0.39 is 5.97 Å². The van der Waals surface area contributed by atoms with E-state index in [4.69, 9.17) is 5.11 Å². The summed E-state index contributed by atoms with van der Waals surface area (Å²) in [6.45, 7) is 0. The van der Waals surface area contributed by atoms with Crippen LogP contribution in [0.3, 0.4) is 0 Å². The van der Waals surface area contributed by atoms with E-state index in [1.165, 1.54) is 25.7 Å². The van der Waals surface area contributed by atoms with Gasteiger partial charge in [-0.05, 0) is 25.7 Å². The van der Waals surface area contributed by atoms with Gasteiger partial charge < -0.3 is 5.11 Å². The van der Waals surface area contributed by atoms with Gasteiger partial charge in [-0.25, -0.2) is 4.79 Å². The van der Waals surface area contributed by atoms with Crippen LogP contribution in [-0.4, -0.2) is 11.1 Å². The Balaban J connectivity index is 2.54. The van der Waals surface area contributed by atoms with Crippen LogP contribution in [0.2, 0.25) is 0 Å². The van der Waals surface area contributed by atoms with Crippen molar-refractivity contribution >= 4 is 5.97 Å². The second-order valence-electron chi connectivity index (χ2n) is 4.09. The Morgan fingerprint density at radius 1 is 1.07 bits per heavy atom. The summed E-state index contributed by atoms with van der Waals surface area (Å²) in [7, 11) is 0. The third kappa shape index (κ3) is 5.40. The van der Waals surface area contributed by atoms with Crippen molar-refractivity contribution in [3.63, 3.8) is 0 Å². The Hall–Kier alpha value is -1.05. The first-order chi connectivity index (χ1) is 7.30. The van der Waals surface area contributed by atoms with Crippen LogP contribution < -0.4 is 0 Å². The first-order valence-electron chi connectivity index (χ1n) is 5.89. The zero-order valence-corrected chi connectivity index (χ0v) is 9.24. The van der Waals surface area contributed by atoms with Crippen LogP contribution in [0, 0.1) is 0 Å². The van der Waals surface area contributed by atoms with Gasteiger partial charge in [0.25, 0.3) is 0 Å². The van der Waals surface area contributed by atoms with Gasteiger partial charge in [0.05, 0.1) is 0 Å². The number of hydrogen-bond donors (Lipinski definition) is 1. The number of carbonyl (C=O) groups is 1. The van der Waals surface area contributed by atoms with Crippen LogP contribution in [0.4, 0.5) is 0 Å². The summed E-state index contributed by atoms with van der Waals surface area (Å²) >= 11 is 0. The smallest absolute Gasteiger partial charge is 0.331 e. The van der Waals surface area contributed by atoms with Crippen LogP contribution in [0.15, 0.2) is 23.8 Å². The van der Waals surface area contributed by atoms with Gasteiger partial charge in [0.2, 0.25) is 0 Å². The predicted octanol–water partition coefficient (Wildman–Crippen LogP) is 3.69. The van der Waals surface area contributed by atoms with E-state index in [0.717, 1.165) is 19.3 Å². The Labute approximate surface area is 91.7 Å². The zero-order chi connectivity index (χ0) is 10.9. The third-order valence-corrected chi connectivity index (χ3v) is 2.78. The summed E-state index contributed by atoms with van der Waals surface area (Å²) in [6.07, 6.45) is 14.7. The van der Waals surface area contributed by atoms with Crippen LogP contribution in [0.1, 0.15) is 51.4 Å². The molecule has 0 saturated heterocycles. The molecule has 2 nitrogen and oxygen atoms in total. The van der Waals surface area contributed by atoms with Crippen molar-refractivity contribution < 1.29 is 9.90 Å². The van der Waals surface area contributed by atoms with Gasteiger partial charge in [-0.1, -0.05) is 43.9 Å². The number of allylic oxidation sites excluding steroid dienone is 3. The fraction of sp³-hybridized carbons (Fsp3) is 0.615. The molecular weight excluding hydrogens is 188 g/mol. The molecule has 2 heteroatoms. The third-order valence-electron chi connectivity index (χ3n) is 2.78. The fourth-order valence-electron chi connectivity index (χ4n) is 1.83. The van der Waals surface area contributed by atoms with E-state index in [1.54, 1.807) is 6.08 Å². The minimum atomic E-state index is -0.767. The molecule has 0 radical (unpaired) electrons. The lowest BCUT2D eigenvalue weighted by Crippen LogP contribution is -2.00. The summed E-state index contributed by atoms with van der Waals surface area (Å²) in [5.41, 5.74) is 0.548. The van der Waals surface area contributed by atoms with E-state index in [2.05, 4.69) is 6.08 Å². The highest BCUT2D eigenvalue weighted by molar-refractivity contribution is 5.86. The first kappa shape index (κ1) is 12.0. The molecular formula is C13H20O2. The van der Waals surface area contributed by atoms with Crippen molar-refractivity contribution in [1.82, 2.24) is 0 Å². The van der Waals surface area contributed by atoms with E-state index in [0.29, 0.717) is 12.0 Å². The Morgan fingerprint density at radius 3 is 2.47 bits per heavy atom. The molecule has 1 aliphatic carbocycles. The van der Waals surface area contributed by atoms with E-state index in [1.807, 2.05) is 6.08 Å². The average molecular weight is 208 g/mol. The highest BCUT2D eigenvalue weighted by Gasteiger charge is 2.05. The number of carboxylic acid groups (broad SMARTS) is 1. The van der Waals surface area contributed by atoms with E-state index in [-0.39, 0.29) is 0 Å². The number of aliphatic carboxylic acids is 1. The van der Waals surface area contributed by atoms with Crippen LogP contribution >= 0.6 is 0 Å². The standard InChI is InChI=1S/C13H20O2/c14-13(15)12-10-8-6-4-2-1-3-5-7-9-11-12/h6,8,10H,1-5,7,9,11H2,(H,14,15)/b8-6+,12-10?. The molecule has 0 amide bonds. The largest absolute Gasteiger partial charge is 0.478 e. The second-order valence-corrected chi connectivity index (χ2v) is 4.09. The van der Waals surface area contributed by atoms with Gasteiger partial charge in [-0.3, -0.25) is 0 Å². The summed E-state index contributed by atoms with van der Waals surface area (Å²) in [5.74, 6) is -0.767. The van der Waals surface area contributed by atoms with Gasteiger partial charge in [-0.2, -0.15) is 0 Å². The molecule has 0 bridgehead atoms. The lowest BCUT2D eigenvalue weighted by molar-refractivity contribution is -0.132.